The molecule has 0 aliphatic carbocycles. The number of piperidine rings is 1. The number of benzene rings is 2. The summed E-state index contributed by atoms with van der Waals surface area (Å²) in [5.41, 5.74) is 3.51. The first-order chi connectivity index (χ1) is 14.6. The standard InChI is InChI=1S/C24H26N4O2/c1-17-11-13-28(14-12-17)23(29)19-3-7-21(8-4-19)27-24-25-15-20(16-26-24)18-5-9-22(30-2)10-6-18/h3-10,15-17H,11-14H2,1-2H3,(H,25,26,27). The van der Waals surface area contributed by atoms with Gasteiger partial charge >= 0.3 is 0 Å². The Bertz CT molecular complexity index is 977. The van der Waals surface area contributed by atoms with Gasteiger partial charge in [-0.25, -0.2) is 9.97 Å². The molecular weight excluding hydrogens is 376 g/mol. The van der Waals surface area contributed by atoms with Crippen molar-refractivity contribution in [3.63, 3.8) is 0 Å². The van der Waals surface area contributed by atoms with Crippen LogP contribution in [0.1, 0.15) is 30.1 Å². The number of methoxy groups -OCH3 is 1. The molecule has 154 valence electrons. The summed E-state index contributed by atoms with van der Waals surface area (Å²) < 4.78 is 5.19. The molecule has 0 spiro atoms. The third-order valence-corrected chi connectivity index (χ3v) is 5.53. The van der Waals surface area contributed by atoms with Crippen LogP contribution in [-0.2, 0) is 0 Å². The molecular formula is C24H26N4O2. The van der Waals surface area contributed by atoms with E-state index in [9.17, 15) is 4.79 Å². The SMILES string of the molecule is COc1ccc(-c2cnc(Nc3ccc(C(=O)N4CCC(C)CC4)cc3)nc2)cc1. The highest BCUT2D eigenvalue weighted by Crippen LogP contribution is 2.23. The minimum absolute atomic E-state index is 0.105. The Balaban J connectivity index is 1.38. The van der Waals surface area contributed by atoms with Gasteiger partial charge in [-0.1, -0.05) is 19.1 Å². The smallest absolute Gasteiger partial charge is 0.253 e. The lowest BCUT2D eigenvalue weighted by Crippen LogP contribution is -2.37. The van der Waals surface area contributed by atoms with Crippen molar-refractivity contribution < 1.29 is 9.53 Å². The number of amides is 1. The van der Waals surface area contributed by atoms with Crippen LogP contribution in [0.4, 0.5) is 11.6 Å². The van der Waals surface area contributed by atoms with Crippen molar-refractivity contribution in [2.24, 2.45) is 5.92 Å². The molecule has 4 rings (SSSR count). The van der Waals surface area contributed by atoms with Gasteiger partial charge < -0.3 is 15.0 Å². The molecule has 0 unspecified atom stereocenters. The molecule has 6 heteroatoms. The predicted molar refractivity (Wildman–Crippen MR) is 118 cm³/mol. The topological polar surface area (TPSA) is 67.3 Å². The summed E-state index contributed by atoms with van der Waals surface area (Å²) in [6.07, 6.45) is 5.73. The molecule has 1 N–H and O–H groups in total. The first-order valence-electron chi connectivity index (χ1n) is 10.3. The number of hydrogen-bond donors (Lipinski definition) is 1. The van der Waals surface area contributed by atoms with Crippen molar-refractivity contribution in [1.29, 1.82) is 0 Å². The van der Waals surface area contributed by atoms with Crippen LogP contribution in [0.25, 0.3) is 11.1 Å². The van der Waals surface area contributed by atoms with Crippen molar-refractivity contribution >= 4 is 17.5 Å². The van der Waals surface area contributed by atoms with E-state index in [0.29, 0.717) is 17.4 Å². The van der Waals surface area contributed by atoms with Gasteiger partial charge in [0.05, 0.1) is 7.11 Å². The molecule has 3 aromatic rings. The van der Waals surface area contributed by atoms with Gasteiger partial charge in [-0.2, -0.15) is 0 Å². The fourth-order valence-corrected chi connectivity index (χ4v) is 3.54. The lowest BCUT2D eigenvalue weighted by atomic mass is 9.98. The fourth-order valence-electron chi connectivity index (χ4n) is 3.54. The van der Waals surface area contributed by atoms with Gasteiger partial charge in [0.25, 0.3) is 5.91 Å². The summed E-state index contributed by atoms with van der Waals surface area (Å²) in [6.45, 7) is 3.93. The average Bonchev–Trinajstić information content (AvgIpc) is 2.80. The van der Waals surface area contributed by atoms with Gasteiger partial charge in [-0.15, -0.1) is 0 Å². The monoisotopic (exact) mass is 402 g/mol. The number of nitrogens with one attached hydrogen (secondary N) is 1. The number of nitrogens with zero attached hydrogens (tertiary/aromatic N) is 3. The number of aromatic nitrogens is 2. The summed E-state index contributed by atoms with van der Waals surface area (Å²) in [4.78, 5) is 23.4. The van der Waals surface area contributed by atoms with Crippen LogP contribution < -0.4 is 10.1 Å². The van der Waals surface area contributed by atoms with Crippen LogP contribution in [0.3, 0.4) is 0 Å². The Hall–Kier alpha value is -3.41. The van der Waals surface area contributed by atoms with Crippen molar-refractivity contribution in [1.82, 2.24) is 14.9 Å². The van der Waals surface area contributed by atoms with E-state index in [0.717, 1.165) is 48.5 Å². The molecule has 1 fully saturated rings. The van der Waals surface area contributed by atoms with Crippen LogP contribution in [-0.4, -0.2) is 41.0 Å². The second-order valence-electron chi connectivity index (χ2n) is 7.70. The van der Waals surface area contributed by atoms with Crippen LogP contribution in [0.15, 0.2) is 60.9 Å². The number of likely N-dealkylation sites (tertiary alicyclic amines) is 1. The zero-order chi connectivity index (χ0) is 20.9. The predicted octanol–water partition coefficient (Wildman–Crippen LogP) is 4.77. The van der Waals surface area contributed by atoms with Gasteiger partial charge in [0, 0.05) is 42.3 Å². The second kappa shape index (κ2) is 8.95. The molecule has 0 radical (unpaired) electrons. The molecule has 0 saturated carbocycles. The molecule has 30 heavy (non-hydrogen) atoms. The van der Waals surface area contributed by atoms with E-state index in [1.54, 1.807) is 19.5 Å². The van der Waals surface area contributed by atoms with Crippen LogP contribution in [0.2, 0.25) is 0 Å². The normalized spacial score (nSPS) is 14.4. The van der Waals surface area contributed by atoms with Crippen LogP contribution >= 0.6 is 0 Å². The number of rotatable bonds is 5. The number of ether oxygens (including phenoxy) is 1. The largest absolute Gasteiger partial charge is 0.497 e. The van der Waals surface area contributed by atoms with E-state index < -0.39 is 0 Å². The Morgan fingerprint density at radius 1 is 0.967 bits per heavy atom. The lowest BCUT2D eigenvalue weighted by Gasteiger charge is -2.30. The highest BCUT2D eigenvalue weighted by Gasteiger charge is 2.21. The summed E-state index contributed by atoms with van der Waals surface area (Å²) >= 11 is 0. The van der Waals surface area contributed by atoms with E-state index >= 15 is 0 Å². The number of carbonyl (C=O) groups excluding carboxylic acids is 1. The van der Waals surface area contributed by atoms with E-state index in [2.05, 4.69) is 22.2 Å². The molecule has 6 nitrogen and oxygen atoms in total. The lowest BCUT2D eigenvalue weighted by molar-refractivity contribution is 0.0697. The van der Waals surface area contributed by atoms with Crippen molar-refractivity contribution in [3.05, 3.63) is 66.5 Å². The Kier molecular flexibility index (Phi) is 5.93. The van der Waals surface area contributed by atoms with E-state index in [-0.39, 0.29) is 5.91 Å². The maximum absolute atomic E-state index is 12.7. The second-order valence-corrected chi connectivity index (χ2v) is 7.70. The molecule has 1 aromatic heterocycles. The molecule has 1 saturated heterocycles. The molecule has 2 heterocycles. The Labute approximate surface area is 176 Å². The van der Waals surface area contributed by atoms with Gasteiger partial charge in [-0.05, 0) is 60.7 Å². The average molecular weight is 402 g/mol. The number of hydrogen-bond acceptors (Lipinski definition) is 5. The fraction of sp³-hybridized carbons (Fsp3) is 0.292. The Morgan fingerprint density at radius 3 is 2.20 bits per heavy atom. The van der Waals surface area contributed by atoms with Crippen molar-refractivity contribution in [3.8, 4) is 16.9 Å². The minimum Gasteiger partial charge on any atom is -0.497 e. The quantitative estimate of drug-likeness (QED) is 0.666. The maximum atomic E-state index is 12.7. The molecule has 1 aliphatic rings. The zero-order valence-electron chi connectivity index (χ0n) is 17.3. The van der Waals surface area contributed by atoms with E-state index in [4.69, 9.17) is 4.74 Å². The molecule has 1 aliphatic heterocycles. The third kappa shape index (κ3) is 4.59. The van der Waals surface area contributed by atoms with Crippen molar-refractivity contribution in [2.75, 3.05) is 25.5 Å². The molecule has 2 aromatic carbocycles. The number of anilines is 2. The van der Waals surface area contributed by atoms with Gasteiger partial charge in [0.2, 0.25) is 5.95 Å². The van der Waals surface area contributed by atoms with Gasteiger partial charge in [0.15, 0.2) is 0 Å². The highest BCUT2D eigenvalue weighted by atomic mass is 16.5. The summed E-state index contributed by atoms with van der Waals surface area (Å²) in [6, 6.07) is 15.3. The highest BCUT2D eigenvalue weighted by molar-refractivity contribution is 5.94. The van der Waals surface area contributed by atoms with Crippen LogP contribution in [0.5, 0.6) is 5.75 Å². The first-order valence-corrected chi connectivity index (χ1v) is 10.3. The van der Waals surface area contributed by atoms with Crippen molar-refractivity contribution in [2.45, 2.75) is 19.8 Å². The third-order valence-electron chi connectivity index (χ3n) is 5.53. The first kappa shape index (κ1) is 19.9. The van der Waals surface area contributed by atoms with E-state index in [1.807, 2.05) is 53.4 Å². The number of carbonyl (C=O) groups is 1. The van der Waals surface area contributed by atoms with Gasteiger partial charge in [-0.3, -0.25) is 4.79 Å². The maximum Gasteiger partial charge on any atom is 0.253 e. The molecule has 1 amide bonds. The van der Waals surface area contributed by atoms with E-state index in [1.165, 1.54) is 0 Å². The Morgan fingerprint density at radius 2 is 1.60 bits per heavy atom. The summed E-state index contributed by atoms with van der Waals surface area (Å²) in [5.74, 6) is 2.14. The molecule has 0 bridgehead atoms. The summed E-state index contributed by atoms with van der Waals surface area (Å²) in [5, 5.41) is 3.19. The zero-order valence-corrected chi connectivity index (χ0v) is 17.3. The van der Waals surface area contributed by atoms with Crippen LogP contribution in [0, 0.1) is 5.92 Å². The van der Waals surface area contributed by atoms with Gasteiger partial charge in [0.1, 0.15) is 5.75 Å². The summed E-state index contributed by atoms with van der Waals surface area (Å²) in [7, 11) is 1.65. The minimum atomic E-state index is 0.105. The molecule has 0 atom stereocenters.